The van der Waals surface area contributed by atoms with Gasteiger partial charge in [0.1, 0.15) is 12.8 Å². The fourth-order valence-electron chi connectivity index (χ4n) is 1.04. The predicted octanol–water partition coefficient (Wildman–Crippen LogP) is 2.29. The molecule has 0 aliphatic heterocycles. The van der Waals surface area contributed by atoms with Gasteiger partial charge >= 0.3 is 11.3 Å². The van der Waals surface area contributed by atoms with E-state index in [1.807, 2.05) is 0 Å². The van der Waals surface area contributed by atoms with Gasteiger partial charge in [-0.1, -0.05) is 5.16 Å². The molecule has 112 valence electrons. The Bertz CT molecular complexity index is 606. The zero-order valence-corrected chi connectivity index (χ0v) is 11.2. The SMILES string of the molecule is CCO/N=C\c1cnc(S(=O)(=O)CCC(F)=C(F)F)o1. The van der Waals surface area contributed by atoms with Crippen molar-refractivity contribution in [2.45, 2.75) is 18.6 Å². The lowest BCUT2D eigenvalue weighted by atomic mass is 10.4. The highest BCUT2D eigenvalue weighted by molar-refractivity contribution is 7.91. The molecule has 1 heterocycles. The van der Waals surface area contributed by atoms with Crippen LogP contribution in [0.1, 0.15) is 19.1 Å². The van der Waals surface area contributed by atoms with Crippen LogP contribution in [-0.2, 0) is 14.7 Å². The number of hydrogen-bond donors (Lipinski definition) is 0. The van der Waals surface area contributed by atoms with Gasteiger partial charge in [0.15, 0.2) is 11.6 Å². The number of rotatable bonds is 7. The Morgan fingerprint density at radius 3 is 2.80 bits per heavy atom. The molecule has 0 spiro atoms. The molecule has 0 unspecified atom stereocenters. The minimum Gasteiger partial charge on any atom is -0.427 e. The first-order valence-electron chi connectivity index (χ1n) is 5.40. The van der Waals surface area contributed by atoms with Gasteiger partial charge in [0.2, 0.25) is 9.84 Å². The van der Waals surface area contributed by atoms with Gasteiger partial charge in [-0.15, -0.1) is 0 Å². The molecule has 1 aromatic rings. The molecule has 0 atom stereocenters. The van der Waals surface area contributed by atoms with Crippen LogP contribution >= 0.6 is 0 Å². The number of nitrogens with zero attached hydrogens (tertiary/aromatic N) is 2. The number of oxime groups is 1. The molecule has 0 N–H and O–H groups in total. The maximum absolute atomic E-state index is 12.6. The molecule has 0 aromatic carbocycles. The van der Waals surface area contributed by atoms with Gasteiger partial charge in [-0.3, -0.25) is 0 Å². The predicted molar refractivity (Wildman–Crippen MR) is 62.7 cm³/mol. The maximum Gasteiger partial charge on any atom is 0.315 e. The Morgan fingerprint density at radius 1 is 1.50 bits per heavy atom. The van der Waals surface area contributed by atoms with Crippen LogP contribution in [0.15, 0.2) is 32.9 Å². The molecule has 1 aromatic heterocycles. The first kappa shape index (κ1) is 16.2. The molecule has 0 amide bonds. The first-order chi connectivity index (χ1) is 9.36. The van der Waals surface area contributed by atoms with Gasteiger partial charge in [0.25, 0.3) is 0 Å². The van der Waals surface area contributed by atoms with Crippen LogP contribution in [0, 0.1) is 0 Å². The largest absolute Gasteiger partial charge is 0.427 e. The van der Waals surface area contributed by atoms with E-state index in [1.54, 1.807) is 6.92 Å². The normalized spacial score (nSPS) is 11.8. The third-order valence-electron chi connectivity index (χ3n) is 1.95. The van der Waals surface area contributed by atoms with E-state index in [2.05, 4.69) is 15.0 Å². The van der Waals surface area contributed by atoms with Crippen molar-refractivity contribution in [2.24, 2.45) is 5.16 Å². The Morgan fingerprint density at radius 2 is 2.20 bits per heavy atom. The van der Waals surface area contributed by atoms with Crippen LogP contribution in [0.4, 0.5) is 13.2 Å². The quantitative estimate of drug-likeness (QED) is 0.570. The van der Waals surface area contributed by atoms with Gasteiger partial charge in [-0.25, -0.2) is 17.8 Å². The van der Waals surface area contributed by atoms with Crippen molar-refractivity contribution in [1.82, 2.24) is 4.98 Å². The van der Waals surface area contributed by atoms with E-state index in [9.17, 15) is 21.6 Å². The first-order valence-corrected chi connectivity index (χ1v) is 7.05. The average Bonchev–Trinajstić information content (AvgIpc) is 2.86. The summed E-state index contributed by atoms with van der Waals surface area (Å²) in [6, 6.07) is 0. The van der Waals surface area contributed by atoms with Crippen LogP contribution in [0.2, 0.25) is 0 Å². The molecule has 20 heavy (non-hydrogen) atoms. The smallest absolute Gasteiger partial charge is 0.315 e. The van der Waals surface area contributed by atoms with Gasteiger partial charge in [0, 0.05) is 6.42 Å². The van der Waals surface area contributed by atoms with Crippen LogP contribution in [-0.4, -0.2) is 32.0 Å². The fourth-order valence-corrected chi connectivity index (χ4v) is 2.10. The van der Waals surface area contributed by atoms with Crippen LogP contribution < -0.4 is 0 Å². The molecule has 0 bridgehead atoms. The van der Waals surface area contributed by atoms with Crippen LogP contribution in [0.5, 0.6) is 0 Å². The summed E-state index contributed by atoms with van der Waals surface area (Å²) in [4.78, 5) is 8.09. The maximum atomic E-state index is 12.6. The molecule has 0 radical (unpaired) electrons. The van der Waals surface area contributed by atoms with Crippen molar-refractivity contribution in [2.75, 3.05) is 12.4 Å². The highest BCUT2D eigenvalue weighted by Crippen LogP contribution is 2.17. The number of halogens is 3. The van der Waals surface area contributed by atoms with Gasteiger partial charge < -0.3 is 9.25 Å². The van der Waals surface area contributed by atoms with Crippen LogP contribution in [0.25, 0.3) is 0 Å². The number of aromatic nitrogens is 1. The summed E-state index contributed by atoms with van der Waals surface area (Å²) < 4.78 is 64.3. The molecule has 0 aliphatic rings. The summed E-state index contributed by atoms with van der Waals surface area (Å²) in [5.41, 5.74) is 0. The van der Waals surface area contributed by atoms with Gasteiger partial charge in [0.05, 0.1) is 11.9 Å². The summed E-state index contributed by atoms with van der Waals surface area (Å²) in [5.74, 6) is -2.65. The fraction of sp³-hybridized carbons (Fsp3) is 0.400. The summed E-state index contributed by atoms with van der Waals surface area (Å²) >= 11 is 0. The van der Waals surface area contributed by atoms with E-state index >= 15 is 0 Å². The Labute approximate surface area is 112 Å². The van der Waals surface area contributed by atoms with E-state index in [-0.39, 0.29) is 5.76 Å². The molecule has 0 fully saturated rings. The lowest BCUT2D eigenvalue weighted by Gasteiger charge is -1.97. The average molecular weight is 312 g/mol. The zero-order chi connectivity index (χ0) is 15.2. The summed E-state index contributed by atoms with van der Waals surface area (Å²) in [5, 5.41) is 2.74. The van der Waals surface area contributed by atoms with Crippen molar-refractivity contribution in [3.63, 3.8) is 0 Å². The molecule has 0 aliphatic carbocycles. The van der Waals surface area contributed by atoms with Crippen molar-refractivity contribution >= 4 is 16.1 Å². The van der Waals surface area contributed by atoms with Gasteiger partial charge in [-0.2, -0.15) is 8.78 Å². The number of sulfone groups is 1. The van der Waals surface area contributed by atoms with E-state index < -0.39 is 39.1 Å². The van der Waals surface area contributed by atoms with E-state index in [0.717, 1.165) is 12.4 Å². The second kappa shape index (κ2) is 7.08. The van der Waals surface area contributed by atoms with Crippen molar-refractivity contribution in [3.8, 4) is 0 Å². The van der Waals surface area contributed by atoms with E-state index in [4.69, 9.17) is 4.42 Å². The Balaban J connectivity index is 2.76. The number of hydrogen-bond acceptors (Lipinski definition) is 6. The summed E-state index contributed by atoms with van der Waals surface area (Å²) in [6.07, 6.45) is -1.33. The highest BCUT2D eigenvalue weighted by Gasteiger charge is 2.22. The lowest BCUT2D eigenvalue weighted by Crippen LogP contribution is -2.07. The van der Waals surface area contributed by atoms with Crippen molar-refractivity contribution < 1.29 is 30.8 Å². The van der Waals surface area contributed by atoms with E-state index in [0.29, 0.717) is 6.61 Å². The van der Waals surface area contributed by atoms with Crippen LogP contribution in [0.3, 0.4) is 0 Å². The minimum absolute atomic E-state index is 0.00436. The zero-order valence-electron chi connectivity index (χ0n) is 10.3. The molecule has 10 heteroatoms. The van der Waals surface area contributed by atoms with Gasteiger partial charge in [-0.05, 0) is 6.92 Å². The Kier molecular flexibility index (Phi) is 5.74. The molecular formula is C10H11F3N2O4S. The van der Waals surface area contributed by atoms with E-state index in [1.165, 1.54) is 0 Å². The standard InChI is InChI=1S/C10H11F3N2O4S/c1-2-18-15-6-7-5-14-10(19-7)20(16,17)4-3-8(11)9(12)13/h5-6H,2-4H2,1H3/b15-6-. The third-order valence-corrected chi connectivity index (χ3v) is 3.41. The number of oxazole rings is 1. The molecule has 0 saturated carbocycles. The lowest BCUT2D eigenvalue weighted by molar-refractivity contribution is 0.160. The summed E-state index contributed by atoms with van der Waals surface area (Å²) in [6.45, 7) is 2.01. The minimum atomic E-state index is -4.09. The Hall–Kier alpha value is -1.84. The number of allylic oxidation sites excluding steroid dienone is 1. The van der Waals surface area contributed by atoms with Crippen molar-refractivity contribution in [1.29, 1.82) is 0 Å². The molecule has 6 nitrogen and oxygen atoms in total. The molecule has 0 saturated heterocycles. The topological polar surface area (TPSA) is 81.8 Å². The van der Waals surface area contributed by atoms with Crippen molar-refractivity contribution in [3.05, 3.63) is 23.9 Å². The monoisotopic (exact) mass is 312 g/mol. The summed E-state index contributed by atoms with van der Waals surface area (Å²) in [7, 11) is -4.09. The second-order valence-electron chi connectivity index (χ2n) is 3.42. The molecular weight excluding hydrogens is 301 g/mol. The third kappa shape index (κ3) is 4.68. The highest BCUT2D eigenvalue weighted by atomic mass is 32.2. The second-order valence-corrected chi connectivity index (χ2v) is 5.40. The molecule has 1 rings (SSSR count).